The normalized spacial score (nSPS) is 11.0. The van der Waals surface area contributed by atoms with Gasteiger partial charge in [0.25, 0.3) is 0 Å². The van der Waals surface area contributed by atoms with E-state index in [0.29, 0.717) is 5.56 Å². The third-order valence-corrected chi connectivity index (χ3v) is 6.38. The van der Waals surface area contributed by atoms with Crippen molar-refractivity contribution in [2.75, 3.05) is 7.11 Å². The van der Waals surface area contributed by atoms with Crippen molar-refractivity contribution in [3.8, 4) is 39.0 Å². The van der Waals surface area contributed by atoms with Crippen molar-refractivity contribution in [2.24, 2.45) is 7.05 Å². The molecule has 0 bridgehead atoms. The summed E-state index contributed by atoms with van der Waals surface area (Å²) in [6.07, 6.45) is 2.75. The zero-order valence-corrected chi connectivity index (χ0v) is 17.9. The molecule has 0 fully saturated rings. The van der Waals surface area contributed by atoms with Crippen molar-refractivity contribution in [1.82, 2.24) is 14.5 Å². The Hall–Kier alpha value is -3.77. The number of nitrogens with zero attached hydrogens (tertiary/aromatic N) is 3. The third-order valence-electron chi connectivity index (χ3n) is 5.31. The molecule has 31 heavy (non-hydrogen) atoms. The number of carbonyl (C=O) groups is 1. The number of aromatic nitrogens is 3. The maximum Gasteiger partial charge on any atom is 0.150 e. The number of aldehydes is 1. The van der Waals surface area contributed by atoms with E-state index in [4.69, 9.17) is 9.72 Å². The number of fused-ring (bicyclic) bond motifs is 1. The quantitative estimate of drug-likeness (QED) is 0.331. The molecule has 0 saturated heterocycles. The highest BCUT2D eigenvalue weighted by atomic mass is 32.1. The first kappa shape index (κ1) is 19.2. The Labute approximate surface area is 183 Å². The molecule has 2 aromatic heterocycles. The van der Waals surface area contributed by atoms with Crippen LogP contribution in [0.15, 0.2) is 72.9 Å². The minimum absolute atomic E-state index is 0.667. The molecule has 0 aliphatic rings. The molecule has 5 rings (SSSR count). The molecule has 2 heterocycles. The van der Waals surface area contributed by atoms with Gasteiger partial charge >= 0.3 is 0 Å². The molecule has 0 atom stereocenters. The van der Waals surface area contributed by atoms with E-state index in [-0.39, 0.29) is 0 Å². The van der Waals surface area contributed by atoms with Crippen molar-refractivity contribution in [1.29, 1.82) is 0 Å². The lowest BCUT2D eigenvalue weighted by Crippen LogP contribution is -1.95. The number of hydrogen-bond donors (Lipinski definition) is 0. The first-order chi connectivity index (χ1) is 15.2. The first-order valence-corrected chi connectivity index (χ1v) is 10.6. The van der Waals surface area contributed by atoms with Crippen LogP contribution in [0, 0.1) is 0 Å². The maximum absolute atomic E-state index is 11.0. The lowest BCUT2D eigenvalue weighted by atomic mass is 10.1. The Balaban J connectivity index is 1.45. The number of hydrogen-bond acceptors (Lipinski definition) is 5. The van der Waals surface area contributed by atoms with E-state index in [0.717, 1.165) is 55.5 Å². The molecule has 0 unspecified atom stereocenters. The van der Waals surface area contributed by atoms with E-state index < -0.39 is 0 Å². The van der Waals surface area contributed by atoms with E-state index in [1.54, 1.807) is 24.5 Å². The van der Waals surface area contributed by atoms with Gasteiger partial charge in [-0.3, -0.25) is 4.79 Å². The molecule has 5 nitrogen and oxygen atoms in total. The van der Waals surface area contributed by atoms with Crippen LogP contribution in [0.4, 0.5) is 0 Å². The Kier molecular flexibility index (Phi) is 4.84. The van der Waals surface area contributed by atoms with Gasteiger partial charge in [-0.25, -0.2) is 9.97 Å². The van der Waals surface area contributed by atoms with Crippen LogP contribution >= 0.6 is 11.3 Å². The number of carbonyl (C=O) groups excluding carboxylic acids is 1. The molecule has 6 heteroatoms. The smallest absolute Gasteiger partial charge is 0.150 e. The summed E-state index contributed by atoms with van der Waals surface area (Å²) in [5.74, 6) is 1.73. The second kappa shape index (κ2) is 7.81. The summed E-state index contributed by atoms with van der Waals surface area (Å²) in [5.41, 5.74) is 5.78. The number of imidazole rings is 1. The molecule has 0 saturated carbocycles. The van der Waals surface area contributed by atoms with Crippen molar-refractivity contribution < 1.29 is 9.53 Å². The largest absolute Gasteiger partial charge is 0.497 e. The van der Waals surface area contributed by atoms with Gasteiger partial charge in [-0.1, -0.05) is 24.3 Å². The third kappa shape index (κ3) is 3.51. The van der Waals surface area contributed by atoms with Crippen molar-refractivity contribution >= 4 is 27.8 Å². The van der Waals surface area contributed by atoms with Crippen LogP contribution in [0.3, 0.4) is 0 Å². The van der Waals surface area contributed by atoms with E-state index in [1.807, 2.05) is 49.6 Å². The van der Waals surface area contributed by atoms with Gasteiger partial charge in [-0.15, -0.1) is 11.3 Å². The lowest BCUT2D eigenvalue weighted by molar-refractivity contribution is 0.112. The van der Waals surface area contributed by atoms with Gasteiger partial charge in [0.2, 0.25) is 0 Å². The average Bonchev–Trinajstić information content (AvgIpc) is 3.42. The number of methoxy groups -OCH3 is 1. The van der Waals surface area contributed by atoms with Crippen LogP contribution in [0.1, 0.15) is 10.4 Å². The van der Waals surface area contributed by atoms with Gasteiger partial charge in [0.05, 0.1) is 29.2 Å². The monoisotopic (exact) mass is 425 g/mol. The summed E-state index contributed by atoms with van der Waals surface area (Å²) >= 11 is 1.59. The van der Waals surface area contributed by atoms with E-state index in [9.17, 15) is 4.79 Å². The summed E-state index contributed by atoms with van der Waals surface area (Å²) in [7, 11) is 3.69. The maximum atomic E-state index is 11.0. The predicted molar refractivity (Wildman–Crippen MR) is 125 cm³/mol. The topological polar surface area (TPSA) is 57.0 Å². The molecule has 3 aromatic carbocycles. The number of benzene rings is 3. The van der Waals surface area contributed by atoms with Crippen molar-refractivity contribution in [3.05, 3.63) is 78.5 Å². The Morgan fingerprint density at radius 3 is 2.35 bits per heavy atom. The van der Waals surface area contributed by atoms with Gasteiger partial charge < -0.3 is 9.30 Å². The summed E-state index contributed by atoms with van der Waals surface area (Å²) in [4.78, 5) is 20.4. The standard InChI is InChI=1S/C25H19N3O2S/c1-28-22(17-8-10-20(30-2)11-9-17)14-26-24(28)18-4-6-19(7-5-18)25-27-21-12-3-16(15-29)13-23(21)31-25/h3-15H,1-2H3. The molecule has 0 spiro atoms. The average molecular weight is 426 g/mol. The van der Waals surface area contributed by atoms with Crippen LogP contribution in [0.5, 0.6) is 5.75 Å². The molecule has 0 N–H and O–H groups in total. The highest BCUT2D eigenvalue weighted by molar-refractivity contribution is 7.21. The second-order valence-corrected chi connectivity index (χ2v) is 8.23. The molecular weight excluding hydrogens is 406 g/mol. The van der Waals surface area contributed by atoms with Crippen LogP contribution in [-0.4, -0.2) is 27.9 Å². The molecule has 0 radical (unpaired) electrons. The van der Waals surface area contributed by atoms with Gasteiger partial charge in [0.1, 0.15) is 22.9 Å². The fourth-order valence-electron chi connectivity index (χ4n) is 3.61. The summed E-state index contributed by atoms with van der Waals surface area (Å²) in [5, 5.41) is 0.934. The highest BCUT2D eigenvalue weighted by Gasteiger charge is 2.12. The van der Waals surface area contributed by atoms with E-state index in [1.165, 1.54) is 0 Å². The minimum atomic E-state index is 0.667. The summed E-state index contributed by atoms with van der Waals surface area (Å²) in [6, 6.07) is 21.8. The van der Waals surface area contributed by atoms with Gasteiger partial charge in [0.15, 0.2) is 0 Å². The van der Waals surface area contributed by atoms with Crippen LogP contribution in [0.2, 0.25) is 0 Å². The molecule has 5 aromatic rings. The molecule has 0 aliphatic heterocycles. The fraction of sp³-hybridized carbons (Fsp3) is 0.0800. The zero-order valence-electron chi connectivity index (χ0n) is 17.1. The lowest BCUT2D eigenvalue weighted by Gasteiger charge is -2.08. The van der Waals surface area contributed by atoms with E-state index in [2.05, 4.69) is 33.8 Å². The van der Waals surface area contributed by atoms with E-state index >= 15 is 0 Å². The van der Waals surface area contributed by atoms with Crippen LogP contribution in [-0.2, 0) is 7.05 Å². The highest BCUT2D eigenvalue weighted by Crippen LogP contribution is 2.32. The Morgan fingerprint density at radius 1 is 0.935 bits per heavy atom. The first-order valence-electron chi connectivity index (χ1n) is 9.79. The van der Waals surface area contributed by atoms with Crippen LogP contribution in [0.25, 0.3) is 43.4 Å². The second-order valence-electron chi connectivity index (χ2n) is 7.20. The Morgan fingerprint density at radius 2 is 1.65 bits per heavy atom. The van der Waals surface area contributed by atoms with Crippen molar-refractivity contribution in [3.63, 3.8) is 0 Å². The SMILES string of the molecule is COc1ccc(-c2cnc(-c3ccc(-c4nc5ccc(C=O)cc5s4)cc3)n2C)cc1. The number of thiazole rings is 1. The zero-order chi connectivity index (χ0) is 21.4. The minimum Gasteiger partial charge on any atom is -0.497 e. The Bertz CT molecular complexity index is 1380. The molecular formula is C25H19N3O2S. The van der Waals surface area contributed by atoms with Crippen LogP contribution < -0.4 is 4.74 Å². The van der Waals surface area contributed by atoms with Crippen molar-refractivity contribution in [2.45, 2.75) is 0 Å². The fourth-order valence-corrected chi connectivity index (χ4v) is 4.63. The summed E-state index contributed by atoms with van der Waals surface area (Å²) < 4.78 is 8.35. The predicted octanol–water partition coefficient (Wildman–Crippen LogP) is 5.85. The summed E-state index contributed by atoms with van der Waals surface area (Å²) in [6.45, 7) is 0. The molecule has 0 aliphatic carbocycles. The number of rotatable bonds is 5. The van der Waals surface area contributed by atoms with Gasteiger partial charge in [-0.2, -0.15) is 0 Å². The van der Waals surface area contributed by atoms with Gasteiger partial charge in [0, 0.05) is 29.3 Å². The molecule has 152 valence electrons. The van der Waals surface area contributed by atoms with Gasteiger partial charge in [-0.05, 0) is 42.5 Å². The molecule has 0 amide bonds. The number of ether oxygens (including phenoxy) is 1.